The summed E-state index contributed by atoms with van der Waals surface area (Å²) in [5.74, 6) is 0. The zero-order valence-corrected chi connectivity index (χ0v) is 26.1. The smallest absolute Gasteiger partial charge is 0.152 e. The Balaban J connectivity index is 0.000000413. The molecule has 1 unspecified atom stereocenters. The number of carbonyl (C=O) groups is 2. The number of rotatable bonds is 11. The highest BCUT2D eigenvalue weighted by molar-refractivity contribution is 5.91. The molecule has 1 fully saturated rings. The Hall–Kier alpha value is -4.28. The van der Waals surface area contributed by atoms with Crippen LogP contribution in [0.5, 0.6) is 0 Å². The number of hydrogen-bond acceptors (Lipinski definition) is 10. The van der Waals surface area contributed by atoms with E-state index in [4.69, 9.17) is 4.91 Å². The summed E-state index contributed by atoms with van der Waals surface area (Å²) in [5, 5.41) is 15.2. The highest BCUT2D eigenvalue weighted by atomic mass is 16.2. The number of carbonyl (C=O) groups excluding carboxylic acids is 2. The summed E-state index contributed by atoms with van der Waals surface area (Å²) in [7, 11) is 9.55. The topological polar surface area (TPSA) is 118 Å². The molecule has 4 N–H and O–H groups in total. The minimum atomic E-state index is -0.419. The van der Waals surface area contributed by atoms with Gasteiger partial charge in [0.2, 0.25) is 0 Å². The number of anilines is 2. The predicted octanol–water partition coefficient (Wildman–Crippen LogP) is 4.35. The first-order valence-corrected chi connectivity index (χ1v) is 14.5. The number of allylic oxidation sites excluding steroid dienone is 1. The Bertz CT molecular complexity index is 1200. The number of fused-ring (bicyclic) bond motifs is 1. The largest absolute Gasteiger partial charge is 0.394 e. The molecular weight excluding hydrogens is 542 g/mol. The standard InChI is InChI=1S/C24H26N4O2.C8H18N2.CH3NO/c1-3-18-13-22-23(14-19(18)15-29)28-24(27-22)20(16-30)21(10-11-25-2)26-12-9-17-7-5-4-6-8-17;1-9(2)8-4-6-10(3)7-5-8;1-2-3/h3-8,10-11,13-16,24-28H,1,9,12H2,2H3;8H,4-7H2,1-3H3;1H3/b11-10-,21-20-;;. The monoisotopic (exact) mass is 589 g/mol. The van der Waals surface area contributed by atoms with Crippen molar-refractivity contribution in [2.45, 2.75) is 31.5 Å². The van der Waals surface area contributed by atoms with Crippen molar-refractivity contribution in [2.75, 3.05) is 65.5 Å². The molecule has 232 valence electrons. The summed E-state index contributed by atoms with van der Waals surface area (Å²) in [6.07, 6.45) is 9.99. The zero-order valence-electron chi connectivity index (χ0n) is 26.1. The Morgan fingerprint density at radius 2 is 1.70 bits per heavy atom. The third-order valence-corrected chi connectivity index (χ3v) is 7.33. The van der Waals surface area contributed by atoms with Crippen molar-refractivity contribution in [3.05, 3.63) is 94.2 Å². The van der Waals surface area contributed by atoms with Crippen LogP contribution in [-0.4, -0.2) is 89.5 Å². The van der Waals surface area contributed by atoms with Gasteiger partial charge in [-0.2, -0.15) is 4.91 Å². The molecule has 4 rings (SSSR count). The van der Waals surface area contributed by atoms with Gasteiger partial charge in [-0.3, -0.25) is 9.59 Å². The van der Waals surface area contributed by atoms with Crippen LogP contribution in [0.1, 0.15) is 34.3 Å². The van der Waals surface area contributed by atoms with E-state index in [0.717, 1.165) is 42.0 Å². The molecule has 2 heterocycles. The van der Waals surface area contributed by atoms with Crippen LogP contribution in [0, 0.1) is 4.91 Å². The molecule has 0 aliphatic carbocycles. The summed E-state index contributed by atoms with van der Waals surface area (Å²) in [5.41, 5.74) is 5.36. The molecule has 2 aromatic rings. The van der Waals surface area contributed by atoms with Crippen LogP contribution in [0.4, 0.5) is 11.4 Å². The number of likely N-dealkylation sites (tertiary alicyclic amines) is 1. The molecule has 10 nitrogen and oxygen atoms in total. The maximum Gasteiger partial charge on any atom is 0.152 e. The van der Waals surface area contributed by atoms with Crippen LogP contribution in [0.2, 0.25) is 0 Å². The minimum absolute atomic E-state index is 0.419. The summed E-state index contributed by atoms with van der Waals surface area (Å²) >= 11 is 0. The van der Waals surface area contributed by atoms with Gasteiger partial charge in [-0.05, 0) is 89.0 Å². The first-order chi connectivity index (χ1) is 20.8. The molecule has 1 atom stereocenters. The summed E-state index contributed by atoms with van der Waals surface area (Å²) in [4.78, 5) is 36.7. The van der Waals surface area contributed by atoms with Gasteiger partial charge in [0.1, 0.15) is 6.17 Å². The van der Waals surface area contributed by atoms with Crippen LogP contribution in [-0.2, 0) is 11.2 Å². The van der Waals surface area contributed by atoms with E-state index in [1.807, 2.05) is 30.3 Å². The van der Waals surface area contributed by atoms with Crippen molar-refractivity contribution < 1.29 is 9.59 Å². The zero-order chi connectivity index (χ0) is 31.6. The predicted molar refractivity (Wildman–Crippen MR) is 178 cm³/mol. The van der Waals surface area contributed by atoms with E-state index in [-0.39, 0.29) is 0 Å². The molecule has 0 amide bonds. The van der Waals surface area contributed by atoms with Crippen LogP contribution in [0.25, 0.3) is 6.08 Å². The lowest BCUT2D eigenvalue weighted by atomic mass is 10.1. The average molecular weight is 590 g/mol. The third kappa shape index (κ3) is 11.1. The number of benzene rings is 2. The molecule has 2 aliphatic heterocycles. The molecule has 0 aromatic heterocycles. The Morgan fingerprint density at radius 3 is 2.21 bits per heavy atom. The first kappa shape index (κ1) is 34.9. The van der Waals surface area contributed by atoms with Gasteiger partial charge in [0.15, 0.2) is 12.6 Å². The molecular formula is C33H47N7O3. The summed E-state index contributed by atoms with van der Waals surface area (Å²) < 4.78 is 0. The number of hydrogen-bond donors (Lipinski definition) is 4. The first-order valence-electron chi connectivity index (χ1n) is 14.5. The quantitative estimate of drug-likeness (QED) is 0.131. The van der Waals surface area contributed by atoms with Crippen molar-refractivity contribution in [2.24, 2.45) is 5.18 Å². The maximum absolute atomic E-state index is 12.0. The summed E-state index contributed by atoms with van der Waals surface area (Å²) in [6.45, 7) is 6.97. The van der Waals surface area contributed by atoms with E-state index >= 15 is 0 Å². The van der Waals surface area contributed by atoms with Gasteiger partial charge in [-0.25, -0.2) is 0 Å². The SMILES string of the molecule is C=Cc1cc2c(cc1C=O)NC(/C(C=O)=C(/C=C\NC)NCCc1ccccc1)N2.CN1CCC(N(C)C)CC1.CN=O. The van der Waals surface area contributed by atoms with Gasteiger partial charge in [-0.15, -0.1) is 0 Å². The van der Waals surface area contributed by atoms with Gasteiger partial charge in [-0.1, -0.05) is 48.2 Å². The molecule has 0 bridgehead atoms. The molecule has 2 aliphatic rings. The second kappa shape index (κ2) is 19.0. The molecule has 2 aromatic carbocycles. The van der Waals surface area contributed by atoms with Crippen molar-refractivity contribution in [1.29, 1.82) is 0 Å². The second-order valence-corrected chi connectivity index (χ2v) is 10.5. The van der Waals surface area contributed by atoms with Crippen molar-refractivity contribution in [3.63, 3.8) is 0 Å². The number of nitrogens with one attached hydrogen (secondary N) is 4. The van der Waals surface area contributed by atoms with Crippen molar-refractivity contribution >= 4 is 30.0 Å². The van der Waals surface area contributed by atoms with Gasteiger partial charge in [0.25, 0.3) is 0 Å². The molecule has 10 heteroatoms. The fourth-order valence-corrected chi connectivity index (χ4v) is 4.86. The van der Waals surface area contributed by atoms with Gasteiger partial charge in [0.05, 0.1) is 24.0 Å². The molecule has 0 saturated carbocycles. The van der Waals surface area contributed by atoms with Crippen LogP contribution >= 0.6 is 0 Å². The van der Waals surface area contributed by atoms with Crippen LogP contribution in [0.15, 0.2) is 77.8 Å². The van der Waals surface area contributed by atoms with Crippen LogP contribution < -0.4 is 21.3 Å². The number of aldehydes is 2. The van der Waals surface area contributed by atoms with Crippen molar-refractivity contribution in [1.82, 2.24) is 20.4 Å². The van der Waals surface area contributed by atoms with E-state index in [9.17, 15) is 9.59 Å². The Labute approximate surface area is 256 Å². The van der Waals surface area contributed by atoms with E-state index in [1.54, 1.807) is 25.4 Å². The third-order valence-electron chi connectivity index (χ3n) is 7.33. The minimum Gasteiger partial charge on any atom is -0.394 e. The maximum atomic E-state index is 12.0. The number of nitroso groups, excluding NO2 is 1. The number of piperidine rings is 1. The normalized spacial score (nSPS) is 16.7. The fourth-order valence-electron chi connectivity index (χ4n) is 4.86. The average Bonchev–Trinajstić information content (AvgIpc) is 3.43. The highest BCUT2D eigenvalue weighted by Gasteiger charge is 2.26. The molecule has 43 heavy (non-hydrogen) atoms. The Morgan fingerprint density at radius 1 is 1.09 bits per heavy atom. The van der Waals surface area contributed by atoms with Crippen molar-refractivity contribution in [3.8, 4) is 0 Å². The van der Waals surface area contributed by atoms with E-state index in [2.05, 4.69) is 76.1 Å². The number of nitrogens with zero attached hydrogens (tertiary/aromatic N) is 3. The summed E-state index contributed by atoms with van der Waals surface area (Å²) in [6, 6.07) is 14.6. The lowest BCUT2D eigenvalue weighted by molar-refractivity contribution is -0.105. The van der Waals surface area contributed by atoms with E-state index < -0.39 is 6.17 Å². The molecule has 1 saturated heterocycles. The van der Waals surface area contributed by atoms with Crippen LogP contribution in [0.3, 0.4) is 0 Å². The molecule has 0 spiro atoms. The van der Waals surface area contributed by atoms with Gasteiger partial charge in [0, 0.05) is 30.9 Å². The Kier molecular flexibility index (Phi) is 15.4. The highest BCUT2D eigenvalue weighted by Crippen LogP contribution is 2.34. The molecule has 0 radical (unpaired) electrons. The fraction of sp³-hybridized carbons (Fsp3) is 0.394. The lowest BCUT2D eigenvalue weighted by Gasteiger charge is -2.32. The van der Waals surface area contributed by atoms with E-state index in [0.29, 0.717) is 23.4 Å². The second-order valence-electron chi connectivity index (χ2n) is 10.5. The van der Waals surface area contributed by atoms with Gasteiger partial charge >= 0.3 is 0 Å². The lowest BCUT2D eigenvalue weighted by Crippen LogP contribution is -2.40. The van der Waals surface area contributed by atoms with Gasteiger partial charge < -0.3 is 31.1 Å². The van der Waals surface area contributed by atoms with E-state index in [1.165, 1.54) is 38.5 Å².